The number of likely N-dealkylation sites (N-methyl/N-ethyl adjacent to an activating group) is 1. The van der Waals surface area contributed by atoms with Gasteiger partial charge < -0.3 is 38.9 Å². The molecule has 50 heavy (non-hydrogen) atoms. The summed E-state index contributed by atoms with van der Waals surface area (Å²) < 4.78 is 16.1. The van der Waals surface area contributed by atoms with Crippen molar-refractivity contribution in [1.82, 2.24) is 19.6 Å². The summed E-state index contributed by atoms with van der Waals surface area (Å²) in [7, 11) is 1.60. The van der Waals surface area contributed by atoms with E-state index >= 15 is 0 Å². The largest absolute Gasteiger partial charge is 0.422 e. The molecule has 0 aliphatic carbocycles. The SMILES string of the molecule is CCN1CCCN(C2CCN(CCC(CN(C)C(=O)c3ccc4c5c3OC(=O)CC(O)(CC(=O)O4)C(=O)O5)c3ccc(Cl)c(Cl)c3)CC2)C1=O. The van der Waals surface area contributed by atoms with E-state index in [1.165, 1.54) is 17.0 Å². The van der Waals surface area contributed by atoms with Crippen LogP contribution in [0.15, 0.2) is 30.3 Å². The van der Waals surface area contributed by atoms with Crippen LogP contribution in [-0.2, 0) is 14.4 Å². The van der Waals surface area contributed by atoms with Crippen molar-refractivity contribution in [2.45, 2.75) is 63.0 Å². The second kappa shape index (κ2) is 14.7. The van der Waals surface area contributed by atoms with Gasteiger partial charge in [-0.15, -0.1) is 0 Å². The minimum absolute atomic E-state index is 0.0988. The maximum Gasteiger partial charge on any atom is 0.345 e. The first-order valence-electron chi connectivity index (χ1n) is 16.9. The fourth-order valence-corrected chi connectivity index (χ4v) is 7.46. The van der Waals surface area contributed by atoms with E-state index in [0.29, 0.717) is 23.0 Å². The number of amides is 3. The molecule has 2 fully saturated rings. The summed E-state index contributed by atoms with van der Waals surface area (Å²) in [6.45, 7) is 6.98. The Balaban J connectivity index is 1.18. The van der Waals surface area contributed by atoms with Crippen molar-refractivity contribution in [1.29, 1.82) is 0 Å². The normalized spacial score (nSPS) is 22.2. The predicted molar refractivity (Wildman–Crippen MR) is 182 cm³/mol. The van der Waals surface area contributed by atoms with Crippen molar-refractivity contribution in [2.75, 3.05) is 52.9 Å². The number of benzene rings is 2. The van der Waals surface area contributed by atoms with Crippen molar-refractivity contribution < 1.29 is 43.3 Å². The fraction of sp³-hybridized carbons (Fsp3) is 0.514. The maximum absolute atomic E-state index is 14.0. The Bertz CT molecular complexity index is 1700. The third-order valence-corrected chi connectivity index (χ3v) is 10.7. The number of esters is 3. The summed E-state index contributed by atoms with van der Waals surface area (Å²) in [4.78, 5) is 72.8. The number of piperidine rings is 1. The van der Waals surface area contributed by atoms with Crippen LogP contribution >= 0.6 is 23.2 Å². The van der Waals surface area contributed by atoms with Gasteiger partial charge in [-0.3, -0.25) is 14.4 Å². The highest BCUT2D eigenvalue weighted by molar-refractivity contribution is 6.42. The molecule has 4 aliphatic heterocycles. The van der Waals surface area contributed by atoms with Crippen LogP contribution in [0.25, 0.3) is 0 Å². The lowest BCUT2D eigenvalue weighted by Crippen LogP contribution is -2.55. The van der Waals surface area contributed by atoms with Gasteiger partial charge in [0.2, 0.25) is 5.75 Å². The standard InChI is InChI=1S/C35H40Cl2N4O9/c1-3-40-12-4-13-41(34(40)46)23-10-15-39(16-11-23)14-9-22(21-5-7-25(36)26(37)17-21)20-38(2)32(44)24-6-8-27-31-30(24)49-29(43)19-35(47,33(45)50-31)18-28(42)48-27/h5-8,17,22-23,47H,3-4,9-16,18-20H2,1-2H3. The Morgan fingerprint density at radius 1 is 0.960 bits per heavy atom. The van der Waals surface area contributed by atoms with E-state index in [9.17, 15) is 29.1 Å². The van der Waals surface area contributed by atoms with E-state index in [-0.39, 0.29) is 41.6 Å². The molecule has 2 aromatic rings. The van der Waals surface area contributed by atoms with Crippen LogP contribution in [0, 0.1) is 0 Å². The van der Waals surface area contributed by atoms with Crippen molar-refractivity contribution in [3.63, 3.8) is 0 Å². The highest BCUT2D eigenvalue weighted by atomic mass is 35.5. The molecule has 0 saturated carbocycles. The summed E-state index contributed by atoms with van der Waals surface area (Å²) in [5.41, 5.74) is -1.69. The van der Waals surface area contributed by atoms with E-state index in [1.54, 1.807) is 19.2 Å². The lowest BCUT2D eigenvalue weighted by atomic mass is 9.93. The van der Waals surface area contributed by atoms with Gasteiger partial charge in [0.25, 0.3) is 5.91 Å². The van der Waals surface area contributed by atoms with E-state index in [4.69, 9.17) is 37.4 Å². The van der Waals surface area contributed by atoms with Gasteiger partial charge in [0, 0.05) is 58.3 Å². The number of urea groups is 1. The molecule has 2 unspecified atom stereocenters. The molecule has 2 aromatic carbocycles. The lowest BCUT2D eigenvalue weighted by molar-refractivity contribution is -0.170. The topological polar surface area (TPSA) is 146 Å². The molecule has 15 heteroatoms. The van der Waals surface area contributed by atoms with Gasteiger partial charge in [-0.05, 0) is 69.0 Å². The van der Waals surface area contributed by atoms with Gasteiger partial charge in [0.15, 0.2) is 17.1 Å². The minimum atomic E-state index is -2.47. The van der Waals surface area contributed by atoms with Crippen LogP contribution in [0.3, 0.4) is 0 Å². The fourth-order valence-electron chi connectivity index (χ4n) is 7.15. The summed E-state index contributed by atoms with van der Waals surface area (Å²) in [5.74, 6) is -4.95. The molecular weight excluding hydrogens is 691 g/mol. The van der Waals surface area contributed by atoms with Crippen LogP contribution < -0.4 is 14.2 Å². The Kier molecular flexibility index (Phi) is 10.6. The first kappa shape index (κ1) is 35.9. The van der Waals surface area contributed by atoms with E-state index in [2.05, 4.69) is 4.90 Å². The highest BCUT2D eigenvalue weighted by Gasteiger charge is 2.48. The molecule has 6 rings (SSSR count). The maximum atomic E-state index is 14.0. The molecular formula is C35H40Cl2N4O9. The number of hydrogen-bond donors (Lipinski definition) is 1. The van der Waals surface area contributed by atoms with Crippen LogP contribution in [0.1, 0.15) is 67.3 Å². The Labute approximate surface area is 299 Å². The molecule has 3 amide bonds. The van der Waals surface area contributed by atoms with E-state index < -0.39 is 48.0 Å². The van der Waals surface area contributed by atoms with Crippen LogP contribution in [0.5, 0.6) is 17.2 Å². The number of ether oxygens (including phenoxy) is 3. The van der Waals surface area contributed by atoms with Gasteiger partial charge in [0.05, 0.1) is 28.5 Å². The van der Waals surface area contributed by atoms with Crippen molar-refractivity contribution >= 4 is 53.0 Å². The van der Waals surface area contributed by atoms with Gasteiger partial charge in [0.1, 0.15) is 0 Å². The molecule has 268 valence electrons. The molecule has 2 atom stereocenters. The second-order valence-electron chi connectivity index (χ2n) is 13.3. The Morgan fingerprint density at radius 3 is 2.38 bits per heavy atom. The number of rotatable bonds is 9. The molecule has 4 aliphatic rings. The molecule has 1 N–H and O–H groups in total. The Morgan fingerprint density at radius 2 is 1.68 bits per heavy atom. The lowest BCUT2D eigenvalue weighted by Gasteiger charge is -2.43. The molecule has 13 nitrogen and oxygen atoms in total. The summed E-state index contributed by atoms with van der Waals surface area (Å²) in [5, 5.41) is 11.5. The van der Waals surface area contributed by atoms with E-state index in [1.807, 2.05) is 22.8 Å². The number of aliphatic hydroxyl groups is 1. The number of carbonyl (C=O) groups excluding carboxylic acids is 5. The second-order valence-corrected chi connectivity index (χ2v) is 14.1. The van der Waals surface area contributed by atoms with Gasteiger partial charge >= 0.3 is 23.9 Å². The summed E-state index contributed by atoms with van der Waals surface area (Å²) in [6.07, 6.45) is 1.76. The number of fused-ring (bicyclic) bond motifs is 2. The summed E-state index contributed by atoms with van der Waals surface area (Å²) in [6, 6.07) is 8.35. The van der Waals surface area contributed by atoms with Gasteiger partial charge in [-0.25, -0.2) is 9.59 Å². The smallest absolute Gasteiger partial charge is 0.345 e. The number of carbonyl (C=O) groups is 5. The first-order valence-corrected chi connectivity index (χ1v) is 17.6. The average molecular weight is 732 g/mol. The van der Waals surface area contributed by atoms with Crippen molar-refractivity contribution in [3.05, 3.63) is 51.5 Å². The number of halogens is 2. The number of likely N-dealkylation sites (tertiary alicyclic amines) is 1. The molecule has 2 saturated heterocycles. The van der Waals surface area contributed by atoms with Gasteiger partial charge in [-0.1, -0.05) is 29.3 Å². The third kappa shape index (κ3) is 7.41. The Hall–Kier alpha value is -3.91. The van der Waals surface area contributed by atoms with Crippen molar-refractivity contribution in [2.24, 2.45) is 0 Å². The molecule has 4 heterocycles. The zero-order valence-corrected chi connectivity index (χ0v) is 29.5. The number of nitrogens with zero attached hydrogens (tertiary/aromatic N) is 4. The van der Waals surface area contributed by atoms with Crippen molar-refractivity contribution in [3.8, 4) is 17.2 Å². The highest BCUT2D eigenvalue weighted by Crippen LogP contribution is 2.45. The predicted octanol–water partition coefficient (Wildman–Crippen LogP) is 4.11. The van der Waals surface area contributed by atoms with Crippen LogP contribution in [0.2, 0.25) is 10.0 Å². The van der Waals surface area contributed by atoms with Crippen LogP contribution in [0.4, 0.5) is 4.79 Å². The van der Waals surface area contributed by atoms with E-state index in [0.717, 1.165) is 57.5 Å². The molecule has 0 spiro atoms. The zero-order chi connectivity index (χ0) is 35.7. The molecule has 2 bridgehead atoms. The monoisotopic (exact) mass is 730 g/mol. The quantitative estimate of drug-likeness (QED) is 0.296. The molecule has 0 aromatic heterocycles. The van der Waals surface area contributed by atoms with Crippen LogP contribution in [-0.4, -0.2) is 119 Å². The number of hydrogen-bond acceptors (Lipinski definition) is 10. The first-order chi connectivity index (χ1) is 23.9. The molecule has 0 radical (unpaired) electrons. The zero-order valence-electron chi connectivity index (χ0n) is 28.0. The average Bonchev–Trinajstić information content (AvgIpc) is 3.08. The summed E-state index contributed by atoms with van der Waals surface area (Å²) >= 11 is 12.7. The minimum Gasteiger partial charge on any atom is -0.422 e. The van der Waals surface area contributed by atoms with Gasteiger partial charge in [-0.2, -0.15) is 0 Å². The third-order valence-electron chi connectivity index (χ3n) is 9.97.